The molecule has 0 aromatic carbocycles. The van der Waals surface area contributed by atoms with Crippen LogP contribution in [0.15, 0.2) is 4.99 Å². The van der Waals surface area contributed by atoms with Crippen molar-refractivity contribution < 1.29 is 43.7 Å². The molecule has 228 valence electrons. The summed E-state index contributed by atoms with van der Waals surface area (Å²) in [7, 11) is 0. The van der Waals surface area contributed by atoms with Gasteiger partial charge < -0.3 is 47.7 Å². The Balaban J connectivity index is 5.35. The van der Waals surface area contributed by atoms with Gasteiger partial charge in [-0.3, -0.25) is 24.2 Å². The van der Waals surface area contributed by atoms with E-state index >= 15 is 0 Å². The SMILES string of the molecule is CC[C@H](C)[C@H](NC(=O)OC(C)(C)C)C(=O)N[C@@H](CCC(=O)O)C(=O)NCC(=O)N[C@@H](CCCN=C(N)N)C(=O)O. The molecule has 0 saturated heterocycles. The number of guanidine groups is 1. The Kier molecular flexibility index (Phi) is 15.7. The van der Waals surface area contributed by atoms with Gasteiger partial charge in [0, 0.05) is 13.0 Å². The fourth-order valence-electron chi connectivity index (χ4n) is 3.23. The van der Waals surface area contributed by atoms with Gasteiger partial charge in [0.1, 0.15) is 23.7 Å². The van der Waals surface area contributed by atoms with Gasteiger partial charge in [0.15, 0.2) is 5.96 Å². The molecule has 0 fully saturated rings. The van der Waals surface area contributed by atoms with Crippen molar-refractivity contribution in [2.45, 2.75) is 90.4 Å². The van der Waals surface area contributed by atoms with Crippen LogP contribution >= 0.6 is 0 Å². The number of amides is 4. The molecule has 0 saturated carbocycles. The third kappa shape index (κ3) is 16.0. The molecule has 4 atom stereocenters. The average Bonchev–Trinajstić information content (AvgIpc) is 2.83. The lowest BCUT2D eigenvalue weighted by atomic mass is 9.97. The van der Waals surface area contributed by atoms with Gasteiger partial charge in [0.25, 0.3) is 0 Å². The fourth-order valence-corrected chi connectivity index (χ4v) is 3.23. The Morgan fingerprint density at radius 2 is 1.55 bits per heavy atom. The first kappa shape index (κ1) is 35.9. The van der Waals surface area contributed by atoms with Crippen molar-refractivity contribution in [2.75, 3.05) is 13.1 Å². The summed E-state index contributed by atoms with van der Waals surface area (Å²) >= 11 is 0. The fraction of sp³-hybridized carbons (Fsp3) is 0.708. The third-order valence-electron chi connectivity index (χ3n) is 5.45. The summed E-state index contributed by atoms with van der Waals surface area (Å²) in [6, 6.07) is -3.73. The first-order valence-corrected chi connectivity index (χ1v) is 12.8. The van der Waals surface area contributed by atoms with Crippen molar-refractivity contribution in [3.63, 3.8) is 0 Å². The number of hydrogen-bond acceptors (Lipinski definition) is 8. The van der Waals surface area contributed by atoms with Crippen LogP contribution in [0.4, 0.5) is 4.79 Å². The third-order valence-corrected chi connectivity index (χ3v) is 5.45. The normalized spacial score (nSPS) is 13.9. The number of nitrogens with two attached hydrogens (primary N) is 2. The van der Waals surface area contributed by atoms with E-state index in [-0.39, 0.29) is 37.7 Å². The topological polar surface area (TPSA) is 265 Å². The molecule has 0 aromatic heterocycles. The molecule has 16 nitrogen and oxygen atoms in total. The zero-order chi connectivity index (χ0) is 31.0. The van der Waals surface area contributed by atoms with Crippen LogP contribution in [0.5, 0.6) is 0 Å². The molecule has 10 N–H and O–H groups in total. The molecule has 0 unspecified atom stereocenters. The highest BCUT2D eigenvalue weighted by Gasteiger charge is 2.32. The summed E-state index contributed by atoms with van der Waals surface area (Å²) in [5.41, 5.74) is 9.60. The lowest BCUT2D eigenvalue weighted by molar-refractivity contribution is -0.142. The van der Waals surface area contributed by atoms with Gasteiger partial charge in [0.2, 0.25) is 17.7 Å². The second-order valence-corrected chi connectivity index (χ2v) is 10.1. The van der Waals surface area contributed by atoms with Gasteiger partial charge in [-0.25, -0.2) is 9.59 Å². The minimum atomic E-state index is -1.36. The molecule has 0 spiro atoms. The van der Waals surface area contributed by atoms with Gasteiger partial charge >= 0.3 is 18.0 Å². The van der Waals surface area contributed by atoms with E-state index in [1.165, 1.54) is 0 Å². The van der Waals surface area contributed by atoms with Crippen LogP contribution in [-0.2, 0) is 28.7 Å². The second kappa shape index (κ2) is 17.5. The summed E-state index contributed by atoms with van der Waals surface area (Å²) in [6.07, 6.45) is -0.866. The number of carbonyl (C=O) groups is 6. The monoisotopic (exact) mass is 573 g/mol. The zero-order valence-corrected chi connectivity index (χ0v) is 23.6. The maximum absolute atomic E-state index is 13.1. The minimum Gasteiger partial charge on any atom is -0.481 e. The summed E-state index contributed by atoms with van der Waals surface area (Å²) in [4.78, 5) is 76.7. The Morgan fingerprint density at radius 1 is 0.925 bits per heavy atom. The highest BCUT2D eigenvalue weighted by atomic mass is 16.6. The van der Waals surface area contributed by atoms with Crippen molar-refractivity contribution in [1.29, 1.82) is 0 Å². The van der Waals surface area contributed by atoms with E-state index in [1.54, 1.807) is 34.6 Å². The molecular formula is C24H43N7O9. The van der Waals surface area contributed by atoms with Gasteiger partial charge in [-0.1, -0.05) is 20.3 Å². The largest absolute Gasteiger partial charge is 0.481 e. The molecule has 0 bridgehead atoms. The lowest BCUT2D eigenvalue weighted by Crippen LogP contribution is -2.57. The Hall–Kier alpha value is -4.11. The van der Waals surface area contributed by atoms with Crippen LogP contribution in [0.2, 0.25) is 0 Å². The Morgan fingerprint density at radius 3 is 2.05 bits per heavy atom. The molecule has 40 heavy (non-hydrogen) atoms. The number of carbonyl (C=O) groups excluding carboxylic acids is 4. The lowest BCUT2D eigenvalue weighted by Gasteiger charge is -2.28. The maximum atomic E-state index is 13.1. The van der Waals surface area contributed by atoms with E-state index in [0.717, 1.165) is 0 Å². The molecule has 0 heterocycles. The predicted octanol–water partition coefficient (Wildman–Crippen LogP) is -0.985. The number of hydrogen-bond donors (Lipinski definition) is 8. The van der Waals surface area contributed by atoms with Gasteiger partial charge in [-0.05, 0) is 46.0 Å². The van der Waals surface area contributed by atoms with E-state index in [4.69, 9.17) is 21.3 Å². The number of alkyl carbamates (subject to hydrolysis) is 1. The number of carboxylic acid groups (broad SMARTS) is 2. The summed E-state index contributed by atoms with van der Waals surface area (Å²) in [6.45, 7) is 7.97. The van der Waals surface area contributed by atoms with Crippen LogP contribution in [0.1, 0.15) is 66.7 Å². The molecule has 16 heteroatoms. The zero-order valence-electron chi connectivity index (χ0n) is 23.6. The highest BCUT2D eigenvalue weighted by Crippen LogP contribution is 2.12. The summed E-state index contributed by atoms with van der Waals surface area (Å²) in [5.74, 6) is -5.49. The number of nitrogens with one attached hydrogen (secondary N) is 4. The number of ether oxygens (including phenoxy) is 1. The number of aliphatic carboxylic acids is 2. The van der Waals surface area contributed by atoms with Crippen molar-refractivity contribution in [2.24, 2.45) is 22.4 Å². The van der Waals surface area contributed by atoms with Crippen LogP contribution in [0, 0.1) is 5.92 Å². The standard InChI is InChI=1S/C24H43N7O9/c1-6-13(2)18(31-23(39)40-24(3,4)5)20(36)30-14(9-10-17(33)34)19(35)28-12-16(32)29-15(21(37)38)8-7-11-27-22(25)26/h13-15,18H,6-12H2,1-5H3,(H,28,35)(H,29,32)(H,30,36)(H,31,39)(H,33,34)(H,37,38)(H4,25,26,27)/t13-,14-,15-,18-/m0/s1. The smallest absolute Gasteiger partial charge is 0.408 e. The molecule has 0 aromatic rings. The van der Waals surface area contributed by atoms with Crippen LogP contribution in [0.3, 0.4) is 0 Å². The molecule has 0 aliphatic carbocycles. The van der Waals surface area contributed by atoms with E-state index < -0.39 is 72.4 Å². The van der Waals surface area contributed by atoms with Crippen molar-refractivity contribution >= 4 is 41.7 Å². The van der Waals surface area contributed by atoms with E-state index in [2.05, 4.69) is 26.3 Å². The Bertz CT molecular complexity index is 930. The van der Waals surface area contributed by atoms with Gasteiger partial charge in [-0.15, -0.1) is 0 Å². The van der Waals surface area contributed by atoms with Crippen molar-refractivity contribution in [1.82, 2.24) is 21.3 Å². The minimum absolute atomic E-state index is 0.0186. The maximum Gasteiger partial charge on any atom is 0.408 e. The number of nitrogens with zero attached hydrogens (tertiary/aromatic N) is 1. The molecular weight excluding hydrogens is 530 g/mol. The average molecular weight is 574 g/mol. The first-order chi connectivity index (χ1) is 18.5. The predicted molar refractivity (Wildman–Crippen MR) is 144 cm³/mol. The molecule has 0 aliphatic rings. The first-order valence-electron chi connectivity index (χ1n) is 12.8. The summed E-state index contributed by atoms with van der Waals surface area (Å²) in [5, 5.41) is 27.9. The quantitative estimate of drug-likeness (QED) is 0.0595. The number of carboxylic acids is 2. The van der Waals surface area contributed by atoms with Crippen molar-refractivity contribution in [3.8, 4) is 0 Å². The number of rotatable bonds is 17. The number of aliphatic imine (C=N–C) groups is 1. The molecule has 0 radical (unpaired) electrons. The summed E-state index contributed by atoms with van der Waals surface area (Å²) < 4.78 is 5.21. The van der Waals surface area contributed by atoms with Crippen molar-refractivity contribution in [3.05, 3.63) is 0 Å². The van der Waals surface area contributed by atoms with Crippen LogP contribution in [0.25, 0.3) is 0 Å². The molecule has 4 amide bonds. The van der Waals surface area contributed by atoms with E-state index in [9.17, 15) is 33.9 Å². The van der Waals surface area contributed by atoms with Gasteiger partial charge in [0.05, 0.1) is 6.54 Å². The second-order valence-electron chi connectivity index (χ2n) is 10.1. The molecule has 0 rings (SSSR count). The van der Waals surface area contributed by atoms with Gasteiger partial charge in [-0.2, -0.15) is 0 Å². The van der Waals surface area contributed by atoms with Crippen LogP contribution in [-0.4, -0.2) is 88.7 Å². The highest BCUT2D eigenvalue weighted by molar-refractivity contribution is 5.93. The van der Waals surface area contributed by atoms with Crippen LogP contribution < -0.4 is 32.7 Å². The van der Waals surface area contributed by atoms with E-state index in [0.29, 0.717) is 6.42 Å². The van der Waals surface area contributed by atoms with E-state index in [1.807, 2.05) is 0 Å². The Labute approximate surface area is 233 Å². The molecule has 0 aliphatic heterocycles.